The third-order valence-corrected chi connectivity index (χ3v) is 3.82. The van der Waals surface area contributed by atoms with Crippen molar-refractivity contribution in [3.63, 3.8) is 0 Å². The lowest BCUT2D eigenvalue weighted by molar-refractivity contribution is 0.525. The summed E-state index contributed by atoms with van der Waals surface area (Å²) in [5.74, 6) is 1.72. The first-order chi connectivity index (χ1) is 8.34. The second-order valence-electron chi connectivity index (χ2n) is 4.94. The van der Waals surface area contributed by atoms with Crippen LogP contribution in [0.2, 0.25) is 0 Å². The maximum Gasteiger partial charge on any atom is 0.193 e. The van der Waals surface area contributed by atoms with Crippen LogP contribution >= 0.6 is 24.0 Å². The van der Waals surface area contributed by atoms with Crippen molar-refractivity contribution < 1.29 is 0 Å². The van der Waals surface area contributed by atoms with Gasteiger partial charge in [0, 0.05) is 26.1 Å². The molecular weight excluding hydrogens is 337 g/mol. The summed E-state index contributed by atoms with van der Waals surface area (Å²) in [6, 6.07) is 8.82. The van der Waals surface area contributed by atoms with Crippen molar-refractivity contribution in [1.82, 2.24) is 10.2 Å². The largest absolute Gasteiger partial charge is 0.356 e. The van der Waals surface area contributed by atoms with Gasteiger partial charge < -0.3 is 10.2 Å². The van der Waals surface area contributed by atoms with Gasteiger partial charge in [0.05, 0.1) is 6.54 Å². The molecule has 98 valence electrons. The molecule has 0 aromatic heterocycles. The van der Waals surface area contributed by atoms with Gasteiger partial charge in [-0.2, -0.15) is 0 Å². The first kappa shape index (κ1) is 13.6. The Morgan fingerprint density at radius 3 is 3.00 bits per heavy atom. The molecule has 1 aliphatic heterocycles. The number of aryl methyl sites for hydroxylation is 1. The first-order valence-corrected chi connectivity index (χ1v) is 6.42. The van der Waals surface area contributed by atoms with E-state index in [0.717, 1.165) is 25.6 Å². The highest BCUT2D eigenvalue weighted by molar-refractivity contribution is 14.0. The van der Waals surface area contributed by atoms with Crippen LogP contribution in [-0.2, 0) is 6.42 Å². The molecular formula is C14H20IN3. The number of fused-ring (bicyclic) bond motifs is 1. The van der Waals surface area contributed by atoms with E-state index >= 15 is 0 Å². The molecule has 2 aliphatic rings. The number of nitrogens with zero attached hydrogens (tertiary/aromatic N) is 2. The zero-order valence-electron chi connectivity index (χ0n) is 10.7. The predicted molar refractivity (Wildman–Crippen MR) is 85.9 cm³/mol. The van der Waals surface area contributed by atoms with Crippen LogP contribution in [0.3, 0.4) is 0 Å². The number of aliphatic imine (C=N–C) groups is 1. The normalized spacial score (nSPS) is 21.3. The van der Waals surface area contributed by atoms with Gasteiger partial charge in [0.2, 0.25) is 0 Å². The van der Waals surface area contributed by atoms with E-state index in [1.807, 2.05) is 0 Å². The summed E-state index contributed by atoms with van der Waals surface area (Å²) in [5.41, 5.74) is 3.06. The van der Waals surface area contributed by atoms with Crippen molar-refractivity contribution >= 4 is 29.9 Å². The number of halogens is 1. The van der Waals surface area contributed by atoms with Crippen LogP contribution in [0.1, 0.15) is 23.5 Å². The van der Waals surface area contributed by atoms with Crippen LogP contribution in [0.5, 0.6) is 0 Å². The minimum absolute atomic E-state index is 0. The summed E-state index contributed by atoms with van der Waals surface area (Å²) in [7, 11) is 2.10. The third-order valence-electron chi connectivity index (χ3n) is 3.82. The predicted octanol–water partition coefficient (Wildman–Crippen LogP) is 2.23. The summed E-state index contributed by atoms with van der Waals surface area (Å²) in [6.07, 6.45) is 2.49. The number of guanidine groups is 1. The molecule has 0 fully saturated rings. The van der Waals surface area contributed by atoms with Crippen molar-refractivity contribution in [3.05, 3.63) is 35.4 Å². The number of nitrogens with one attached hydrogen (secondary N) is 1. The van der Waals surface area contributed by atoms with Crippen LogP contribution in [0.15, 0.2) is 29.3 Å². The van der Waals surface area contributed by atoms with Crippen LogP contribution in [0.25, 0.3) is 0 Å². The van der Waals surface area contributed by atoms with Gasteiger partial charge in [-0.3, -0.25) is 4.99 Å². The third kappa shape index (κ3) is 2.63. The van der Waals surface area contributed by atoms with Crippen LogP contribution < -0.4 is 5.32 Å². The van der Waals surface area contributed by atoms with Crippen LogP contribution in [0.4, 0.5) is 0 Å². The Bertz CT molecular complexity index is 444. The standard InChI is InChI=1S/C14H19N3.HI/c1-17-9-8-15-14(17)16-10-12-7-6-11-4-2-3-5-13(11)12;/h2-5,12H,6-10H2,1H3,(H,15,16);1H. The van der Waals surface area contributed by atoms with Crippen molar-refractivity contribution in [2.45, 2.75) is 18.8 Å². The summed E-state index contributed by atoms with van der Waals surface area (Å²) >= 11 is 0. The number of likely N-dealkylation sites (N-methyl/N-ethyl adjacent to an activating group) is 1. The lowest BCUT2D eigenvalue weighted by Crippen LogP contribution is -2.37. The molecule has 3 rings (SSSR count). The molecule has 0 saturated heterocycles. The molecule has 0 spiro atoms. The molecule has 1 N–H and O–H groups in total. The van der Waals surface area contributed by atoms with Crippen LogP contribution in [-0.4, -0.2) is 37.5 Å². The van der Waals surface area contributed by atoms with E-state index in [2.05, 4.69) is 46.5 Å². The maximum absolute atomic E-state index is 4.47. The number of hydrogen-bond donors (Lipinski definition) is 1. The van der Waals surface area contributed by atoms with Crippen molar-refractivity contribution in [2.24, 2.45) is 4.99 Å². The molecule has 1 aromatic rings. The monoisotopic (exact) mass is 357 g/mol. The Morgan fingerprint density at radius 1 is 1.39 bits per heavy atom. The molecule has 3 nitrogen and oxygen atoms in total. The van der Waals surface area contributed by atoms with E-state index in [-0.39, 0.29) is 24.0 Å². The molecule has 1 aromatic carbocycles. The van der Waals surface area contributed by atoms with E-state index in [1.54, 1.807) is 0 Å². The molecule has 18 heavy (non-hydrogen) atoms. The van der Waals surface area contributed by atoms with Crippen molar-refractivity contribution in [1.29, 1.82) is 0 Å². The maximum atomic E-state index is 4.47. The summed E-state index contributed by atoms with van der Waals surface area (Å²) in [5, 5.41) is 3.49. The average molecular weight is 357 g/mol. The lowest BCUT2D eigenvalue weighted by atomic mass is 10.0. The van der Waals surface area contributed by atoms with Gasteiger partial charge in [-0.05, 0) is 24.0 Å². The molecule has 0 amide bonds. The molecule has 1 aliphatic carbocycles. The zero-order valence-corrected chi connectivity index (χ0v) is 13.1. The zero-order chi connectivity index (χ0) is 11.7. The van der Waals surface area contributed by atoms with Crippen molar-refractivity contribution in [3.8, 4) is 0 Å². The highest BCUT2D eigenvalue weighted by Gasteiger charge is 2.22. The SMILES string of the molecule is CN1CCN=C1NCC1CCc2ccccc21.I. The van der Waals surface area contributed by atoms with Crippen LogP contribution in [0, 0.1) is 0 Å². The van der Waals surface area contributed by atoms with E-state index in [4.69, 9.17) is 0 Å². The second kappa shape index (κ2) is 5.91. The number of rotatable bonds is 2. The Kier molecular flexibility index (Phi) is 4.48. The summed E-state index contributed by atoms with van der Waals surface area (Å²) < 4.78 is 0. The first-order valence-electron chi connectivity index (χ1n) is 6.42. The second-order valence-corrected chi connectivity index (χ2v) is 4.94. The Hall–Kier alpha value is -0.780. The van der Waals surface area contributed by atoms with Gasteiger partial charge in [0.1, 0.15) is 0 Å². The van der Waals surface area contributed by atoms with E-state index in [0.29, 0.717) is 5.92 Å². The Balaban J connectivity index is 0.00000120. The van der Waals surface area contributed by atoms with Gasteiger partial charge in [0.25, 0.3) is 0 Å². The minimum Gasteiger partial charge on any atom is -0.356 e. The van der Waals surface area contributed by atoms with E-state index in [9.17, 15) is 0 Å². The van der Waals surface area contributed by atoms with E-state index in [1.165, 1.54) is 24.0 Å². The minimum atomic E-state index is 0. The molecule has 0 radical (unpaired) electrons. The topological polar surface area (TPSA) is 27.6 Å². The van der Waals surface area contributed by atoms with E-state index < -0.39 is 0 Å². The van der Waals surface area contributed by atoms with Gasteiger partial charge in [-0.25, -0.2) is 0 Å². The van der Waals surface area contributed by atoms with Gasteiger partial charge in [-0.1, -0.05) is 24.3 Å². The summed E-state index contributed by atoms with van der Waals surface area (Å²) in [4.78, 5) is 6.66. The summed E-state index contributed by atoms with van der Waals surface area (Å²) in [6.45, 7) is 2.99. The Morgan fingerprint density at radius 2 is 2.22 bits per heavy atom. The fraction of sp³-hybridized carbons (Fsp3) is 0.500. The van der Waals surface area contributed by atoms with Gasteiger partial charge in [0.15, 0.2) is 5.96 Å². The number of benzene rings is 1. The fourth-order valence-corrected chi connectivity index (χ4v) is 2.80. The Labute approximate surface area is 126 Å². The highest BCUT2D eigenvalue weighted by atomic mass is 127. The average Bonchev–Trinajstić information content (AvgIpc) is 2.93. The molecule has 1 unspecified atom stereocenters. The molecule has 0 bridgehead atoms. The van der Waals surface area contributed by atoms with Crippen molar-refractivity contribution in [2.75, 3.05) is 26.7 Å². The smallest absolute Gasteiger partial charge is 0.193 e. The molecule has 1 heterocycles. The van der Waals surface area contributed by atoms with Gasteiger partial charge >= 0.3 is 0 Å². The van der Waals surface area contributed by atoms with Gasteiger partial charge in [-0.15, -0.1) is 24.0 Å². The molecule has 1 atom stereocenters. The molecule has 4 heteroatoms. The number of hydrogen-bond acceptors (Lipinski definition) is 3. The quantitative estimate of drug-likeness (QED) is 0.822. The lowest BCUT2D eigenvalue weighted by Gasteiger charge is -2.18. The molecule has 0 saturated carbocycles. The highest BCUT2D eigenvalue weighted by Crippen LogP contribution is 2.32. The fourth-order valence-electron chi connectivity index (χ4n) is 2.80.